The topological polar surface area (TPSA) is 43.6 Å². The Morgan fingerprint density at radius 2 is 1.89 bits per heavy atom. The van der Waals surface area contributed by atoms with Crippen molar-refractivity contribution in [2.75, 3.05) is 0 Å². The predicted molar refractivity (Wildman–Crippen MR) is 78.1 cm³/mol. The highest BCUT2D eigenvalue weighted by atomic mass is 79.9. The average molecular weight is 342 g/mol. The lowest BCUT2D eigenvalue weighted by Crippen LogP contribution is -2.08. The number of rotatable bonds is 2. The molecule has 1 aliphatic carbocycles. The van der Waals surface area contributed by atoms with Crippen LogP contribution in [0, 0.1) is 20.8 Å². The highest BCUT2D eigenvalue weighted by molar-refractivity contribution is 9.10. The van der Waals surface area contributed by atoms with E-state index < -0.39 is 0 Å². The Labute approximate surface area is 125 Å². The van der Waals surface area contributed by atoms with Crippen molar-refractivity contribution >= 4 is 27.5 Å². The number of halogens is 2. The second kappa shape index (κ2) is 4.56. The van der Waals surface area contributed by atoms with Gasteiger partial charge in [0.2, 0.25) is 0 Å². The number of aryl methyl sites for hydroxylation is 1. The molecule has 100 valence electrons. The molecule has 1 aliphatic rings. The van der Waals surface area contributed by atoms with Crippen LogP contribution in [0.3, 0.4) is 0 Å². The van der Waals surface area contributed by atoms with Gasteiger partial charge in [-0.3, -0.25) is 0 Å². The number of hydrogen-bond acceptors (Lipinski definition) is 3. The molecule has 0 radical (unpaired) electrons. The van der Waals surface area contributed by atoms with Crippen LogP contribution in [0.1, 0.15) is 41.5 Å². The summed E-state index contributed by atoms with van der Waals surface area (Å²) < 4.78 is 2.85. The lowest BCUT2D eigenvalue weighted by molar-refractivity contribution is 0.772. The van der Waals surface area contributed by atoms with Gasteiger partial charge in [0.15, 0.2) is 5.82 Å². The SMILES string of the molecule is Cc1nn(-c2nc(C3CC3)nc(Cl)c2C)c(C)c1Br. The van der Waals surface area contributed by atoms with Gasteiger partial charge in [-0.25, -0.2) is 14.6 Å². The van der Waals surface area contributed by atoms with Crippen LogP contribution in [0.25, 0.3) is 5.82 Å². The quantitative estimate of drug-likeness (QED) is 0.779. The van der Waals surface area contributed by atoms with Crippen LogP contribution >= 0.6 is 27.5 Å². The molecule has 0 aliphatic heterocycles. The van der Waals surface area contributed by atoms with Crippen molar-refractivity contribution in [1.82, 2.24) is 19.7 Å². The predicted octanol–water partition coefficient (Wildman–Crippen LogP) is 3.88. The molecule has 1 saturated carbocycles. The first-order chi connectivity index (χ1) is 8.99. The van der Waals surface area contributed by atoms with Gasteiger partial charge in [0.05, 0.1) is 15.9 Å². The molecular formula is C13H14BrClN4. The van der Waals surface area contributed by atoms with Crippen LogP contribution in [-0.4, -0.2) is 19.7 Å². The molecule has 0 amide bonds. The van der Waals surface area contributed by atoms with Crippen molar-refractivity contribution in [1.29, 1.82) is 0 Å². The Bertz CT molecular complexity index is 661. The van der Waals surface area contributed by atoms with Gasteiger partial charge >= 0.3 is 0 Å². The summed E-state index contributed by atoms with van der Waals surface area (Å²) in [6.07, 6.45) is 2.30. The smallest absolute Gasteiger partial charge is 0.161 e. The number of hydrogen-bond donors (Lipinski definition) is 0. The molecule has 4 nitrogen and oxygen atoms in total. The van der Waals surface area contributed by atoms with Gasteiger partial charge in [0, 0.05) is 11.5 Å². The molecule has 6 heteroatoms. The van der Waals surface area contributed by atoms with Gasteiger partial charge in [-0.15, -0.1) is 0 Å². The zero-order valence-corrected chi connectivity index (χ0v) is 13.4. The normalized spacial score (nSPS) is 15.0. The highest BCUT2D eigenvalue weighted by Crippen LogP contribution is 2.39. The molecule has 0 spiro atoms. The molecule has 19 heavy (non-hydrogen) atoms. The van der Waals surface area contributed by atoms with E-state index in [1.165, 1.54) is 0 Å². The summed E-state index contributed by atoms with van der Waals surface area (Å²) in [5.41, 5.74) is 2.83. The van der Waals surface area contributed by atoms with Gasteiger partial charge in [0.1, 0.15) is 11.0 Å². The van der Waals surface area contributed by atoms with Gasteiger partial charge in [0.25, 0.3) is 0 Å². The lowest BCUT2D eigenvalue weighted by Gasteiger charge is -2.10. The Kier molecular flexibility index (Phi) is 3.14. The summed E-state index contributed by atoms with van der Waals surface area (Å²) in [6, 6.07) is 0. The van der Waals surface area contributed by atoms with Crippen LogP contribution < -0.4 is 0 Å². The molecular weight excluding hydrogens is 328 g/mol. The van der Waals surface area contributed by atoms with E-state index in [0.717, 1.165) is 45.9 Å². The Morgan fingerprint density at radius 3 is 2.42 bits per heavy atom. The molecule has 1 fully saturated rings. The molecule has 0 aromatic carbocycles. The van der Waals surface area contributed by atoms with Crippen LogP contribution in [-0.2, 0) is 0 Å². The van der Waals surface area contributed by atoms with Gasteiger partial charge in [-0.2, -0.15) is 5.10 Å². The first kappa shape index (κ1) is 13.1. The summed E-state index contributed by atoms with van der Waals surface area (Å²) >= 11 is 9.78. The summed E-state index contributed by atoms with van der Waals surface area (Å²) in [5.74, 6) is 2.10. The minimum atomic E-state index is 0.470. The molecule has 2 heterocycles. The van der Waals surface area contributed by atoms with E-state index in [1.807, 2.05) is 25.5 Å². The second-order valence-corrected chi connectivity index (χ2v) is 6.14. The minimum absolute atomic E-state index is 0.470. The maximum atomic E-state index is 6.24. The van der Waals surface area contributed by atoms with Crippen LogP contribution in [0.5, 0.6) is 0 Å². The van der Waals surface area contributed by atoms with E-state index in [-0.39, 0.29) is 0 Å². The van der Waals surface area contributed by atoms with Gasteiger partial charge in [-0.1, -0.05) is 11.6 Å². The Hall–Kier alpha value is -0.940. The minimum Gasteiger partial charge on any atom is -0.220 e. The summed E-state index contributed by atoms with van der Waals surface area (Å²) in [7, 11) is 0. The zero-order chi connectivity index (χ0) is 13.7. The summed E-state index contributed by atoms with van der Waals surface area (Å²) in [6.45, 7) is 5.91. The first-order valence-corrected chi connectivity index (χ1v) is 7.42. The van der Waals surface area contributed by atoms with Crippen LogP contribution in [0.15, 0.2) is 4.47 Å². The lowest BCUT2D eigenvalue weighted by atomic mass is 10.3. The van der Waals surface area contributed by atoms with Crippen molar-refractivity contribution in [3.05, 3.63) is 32.4 Å². The van der Waals surface area contributed by atoms with Crippen molar-refractivity contribution in [3.8, 4) is 5.82 Å². The maximum absolute atomic E-state index is 6.24. The van der Waals surface area contributed by atoms with E-state index in [4.69, 9.17) is 11.6 Å². The fourth-order valence-corrected chi connectivity index (χ4v) is 2.47. The Balaban J connectivity index is 2.20. The molecule has 2 aromatic heterocycles. The fourth-order valence-electron chi connectivity index (χ4n) is 2.05. The van der Waals surface area contributed by atoms with Crippen LogP contribution in [0.4, 0.5) is 0 Å². The van der Waals surface area contributed by atoms with E-state index in [1.54, 1.807) is 0 Å². The van der Waals surface area contributed by atoms with E-state index in [2.05, 4.69) is 31.0 Å². The highest BCUT2D eigenvalue weighted by Gasteiger charge is 2.28. The van der Waals surface area contributed by atoms with Gasteiger partial charge < -0.3 is 0 Å². The van der Waals surface area contributed by atoms with Crippen molar-refractivity contribution in [2.24, 2.45) is 0 Å². The van der Waals surface area contributed by atoms with Crippen LogP contribution in [0.2, 0.25) is 5.15 Å². The fraction of sp³-hybridized carbons (Fsp3) is 0.462. The third-order valence-electron chi connectivity index (χ3n) is 3.42. The first-order valence-electron chi connectivity index (χ1n) is 6.25. The van der Waals surface area contributed by atoms with Crippen molar-refractivity contribution < 1.29 is 0 Å². The third kappa shape index (κ3) is 2.19. The molecule has 0 N–H and O–H groups in total. The van der Waals surface area contributed by atoms with E-state index in [0.29, 0.717) is 11.1 Å². The number of aromatic nitrogens is 4. The molecule has 0 unspecified atom stereocenters. The Morgan fingerprint density at radius 1 is 1.21 bits per heavy atom. The zero-order valence-electron chi connectivity index (χ0n) is 11.0. The largest absolute Gasteiger partial charge is 0.220 e. The maximum Gasteiger partial charge on any atom is 0.161 e. The van der Waals surface area contributed by atoms with Crippen molar-refractivity contribution in [3.63, 3.8) is 0 Å². The molecule has 0 saturated heterocycles. The molecule has 3 rings (SSSR count). The molecule has 2 aromatic rings. The van der Waals surface area contributed by atoms with E-state index >= 15 is 0 Å². The molecule has 0 bridgehead atoms. The average Bonchev–Trinajstić information content (AvgIpc) is 3.18. The van der Waals surface area contributed by atoms with Gasteiger partial charge in [-0.05, 0) is 49.5 Å². The standard InChI is InChI=1S/C13H14BrClN4/c1-6-11(15)16-12(9-4-5-9)17-13(6)19-8(3)10(14)7(2)18-19/h9H,4-5H2,1-3H3. The molecule has 0 atom stereocenters. The summed E-state index contributed by atoms with van der Waals surface area (Å²) in [4.78, 5) is 9.05. The summed E-state index contributed by atoms with van der Waals surface area (Å²) in [5, 5.41) is 5.05. The monoisotopic (exact) mass is 340 g/mol. The second-order valence-electron chi connectivity index (χ2n) is 4.99. The van der Waals surface area contributed by atoms with Crippen molar-refractivity contribution in [2.45, 2.75) is 39.5 Å². The van der Waals surface area contributed by atoms with E-state index in [9.17, 15) is 0 Å². The number of nitrogens with zero attached hydrogens (tertiary/aromatic N) is 4. The third-order valence-corrected chi connectivity index (χ3v) is 4.94.